The predicted octanol–water partition coefficient (Wildman–Crippen LogP) is 2.81. The van der Waals surface area contributed by atoms with Gasteiger partial charge in [0.05, 0.1) is 29.3 Å². The molecule has 4 N–H and O–H groups in total. The molecule has 0 aliphatic rings. The fourth-order valence-electron chi connectivity index (χ4n) is 3.52. The average Bonchev–Trinajstić information content (AvgIpc) is 2.96. The number of hydrogen-bond donors (Lipinski definition) is 3. The van der Waals surface area contributed by atoms with Crippen molar-refractivity contribution in [2.75, 3.05) is 26.1 Å². The second kappa shape index (κ2) is 7.71. The molecule has 3 aromatic rings. The number of nitrogen functional groups attached to an aromatic ring is 1. The zero-order valence-electron chi connectivity index (χ0n) is 15.7. The zero-order valence-corrected chi connectivity index (χ0v) is 17.3. The monoisotopic (exact) mass is 436 g/mol. The van der Waals surface area contributed by atoms with Gasteiger partial charge in [0.2, 0.25) is 0 Å². The first-order chi connectivity index (χ1) is 12.8. The molecule has 0 saturated heterocycles. The first kappa shape index (κ1) is 20.0. The topological polar surface area (TPSA) is 106 Å². The molecule has 2 aromatic heterocycles. The number of nitrogens with two attached hydrogens (primary N) is 1. The minimum Gasteiger partial charge on any atom is -0.396 e. The van der Waals surface area contributed by atoms with Crippen LogP contribution >= 0.6 is 15.9 Å². The van der Waals surface area contributed by atoms with Crippen molar-refractivity contribution in [3.8, 4) is 0 Å². The number of anilines is 1. The number of benzene rings is 1. The van der Waals surface area contributed by atoms with Crippen molar-refractivity contribution < 1.29 is 14.9 Å². The molecule has 8 heteroatoms. The second-order valence-corrected chi connectivity index (χ2v) is 8.09. The molecule has 0 fully saturated rings. The molecule has 1 unspecified atom stereocenters. The van der Waals surface area contributed by atoms with Gasteiger partial charge in [0.1, 0.15) is 11.3 Å². The highest BCUT2D eigenvalue weighted by molar-refractivity contribution is 9.10. The average molecular weight is 437 g/mol. The molecule has 3 rings (SSSR count). The molecule has 146 valence electrons. The number of ether oxygens (including phenoxy) is 1. The van der Waals surface area contributed by atoms with E-state index in [0.29, 0.717) is 30.8 Å². The Labute approximate surface area is 166 Å². The van der Waals surface area contributed by atoms with Gasteiger partial charge in [0.25, 0.3) is 0 Å². The number of fused-ring (bicyclic) bond motifs is 3. The third-order valence-electron chi connectivity index (χ3n) is 4.74. The number of nitrogens with zero attached hydrogens (tertiary/aromatic N) is 3. The molecule has 0 amide bonds. The van der Waals surface area contributed by atoms with Crippen LogP contribution in [0.5, 0.6) is 0 Å². The number of hydrogen-bond acceptors (Lipinski definition) is 6. The third kappa shape index (κ3) is 3.80. The minimum atomic E-state index is -1.07. The van der Waals surface area contributed by atoms with E-state index in [9.17, 15) is 10.2 Å². The first-order valence-electron chi connectivity index (χ1n) is 8.85. The molecular weight excluding hydrogens is 412 g/mol. The summed E-state index contributed by atoms with van der Waals surface area (Å²) in [6, 6.07) is 5.43. The van der Waals surface area contributed by atoms with Crippen LogP contribution in [0.25, 0.3) is 21.9 Å². The Morgan fingerprint density at radius 3 is 2.70 bits per heavy atom. The minimum absolute atomic E-state index is 0.0535. The van der Waals surface area contributed by atoms with Crippen molar-refractivity contribution in [2.24, 2.45) is 0 Å². The summed E-state index contributed by atoms with van der Waals surface area (Å²) in [6.07, 6.45) is 0.940. The maximum absolute atomic E-state index is 10.8. The van der Waals surface area contributed by atoms with Gasteiger partial charge < -0.3 is 25.3 Å². The van der Waals surface area contributed by atoms with Crippen molar-refractivity contribution in [3.05, 3.63) is 28.5 Å². The van der Waals surface area contributed by atoms with Gasteiger partial charge in [-0.25, -0.2) is 9.97 Å². The Balaban J connectivity index is 2.40. The summed E-state index contributed by atoms with van der Waals surface area (Å²) < 4.78 is 8.14. The quantitative estimate of drug-likeness (QED) is 0.525. The van der Waals surface area contributed by atoms with E-state index in [-0.39, 0.29) is 12.6 Å². The highest BCUT2D eigenvalue weighted by Gasteiger charge is 2.32. The SMILES string of the molecule is COCCc1nc2c(N)nc3cc(Br)ccc3c2n1C(CCO)C(C)(C)O. The number of aliphatic hydroxyl groups excluding tert-OH is 1. The molecule has 0 radical (unpaired) electrons. The fraction of sp³-hybridized carbons (Fsp3) is 0.474. The number of pyridine rings is 1. The normalized spacial score (nSPS) is 13.6. The standard InChI is InChI=1S/C19H25BrN4O3/c1-19(2,26)14(6-8-25)24-15(7-9-27-3)23-16-17(24)12-5-4-11(20)10-13(12)22-18(16)21/h4-5,10,14,25-26H,6-9H2,1-3H3,(H2,21,22). The molecule has 0 bridgehead atoms. The Morgan fingerprint density at radius 1 is 1.33 bits per heavy atom. The lowest BCUT2D eigenvalue weighted by atomic mass is 9.95. The third-order valence-corrected chi connectivity index (χ3v) is 5.24. The van der Waals surface area contributed by atoms with Crippen LogP contribution in [0.4, 0.5) is 5.82 Å². The van der Waals surface area contributed by atoms with E-state index in [1.807, 2.05) is 22.8 Å². The Morgan fingerprint density at radius 2 is 2.07 bits per heavy atom. The van der Waals surface area contributed by atoms with Crippen molar-refractivity contribution in [1.82, 2.24) is 14.5 Å². The van der Waals surface area contributed by atoms with Gasteiger partial charge in [-0.2, -0.15) is 0 Å². The second-order valence-electron chi connectivity index (χ2n) is 7.18. The van der Waals surface area contributed by atoms with Crippen LogP contribution < -0.4 is 5.73 Å². The molecule has 1 aromatic carbocycles. The summed E-state index contributed by atoms with van der Waals surface area (Å²) in [6.45, 7) is 3.91. The highest BCUT2D eigenvalue weighted by Crippen LogP contribution is 2.36. The zero-order chi connectivity index (χ0) is 19.8. The van der Waals surface area contributed by atoms with Crippen molar-refractivity contribution in [2.45, 2.75) is 38.3 Å². The molecule has 27 heavy (non-hydrogen) atoms. The Bertz CT molecular complexity index is 965. The van der Waals surface area contributed by atoms with Crippen molar-refractivity contribution >= 4 is 43.7 Å². The molecule has 7 nitrogen and oxygen atoms in total. The summed E-state index contributed by atoms with van der Waals surface area (Å²) in [4.78, 5) is 9.23. The molecule has 0 aliphatic heterocycles. The largest absolute Gasteiger partial charge is 0.396 e. The lowest BCUT2D eigenvalue weighted by Gasteiger charge is -2.32. The van der Waals surface area contributed by atoms with E-state index in [1.54, 1.807) is 21.0 Å². The van der Waals surface area contributed by atoms with E-state index in [0.717, 1.165) is 26.7 Å². The van der Waals surface area contributed by atoms with E-state index < -0.39 is 5.60 Å². The lowest BCUT2D eigenvalue weighted by molar-refractivity contribution is 0.0128. The first-order valence-corrected chi connectivity index (χ1v) is 9.65. The van der Waals surface area contributed by atoms with Crippen LogP contribution in [0, 0.1) is 0 Å². The number of imidazole rings is 1. The predicted molar refractivity (Wildman–Crippen MR) is 110 cm³/mol. The van der Waals surface area contributed by atoms with E-state index in [4.69, 9.17) is 15.5 Å². The van der Waals surface area contributed by atoms with Gasteiger partial charge in [0, 0.05) is 30.0 Å². The van der Waals surface area contributed by atoms with Gasteiger partial charge in [0.15, 0.2) is 5.82 Å². The van der Waals surface area contributed by atoms with E-state index >= 15 is 0 Å². The van der Waals surface area contributed by atoms with Crippen LogP contribution in [0.2, 0.25) is 0 Å². The van der Waals surface area contributed by atoms with Crippen molar-refractivity contribution in [3.63, 3.8) is 0 Å². The fourth-order valence-corrected chi connectivity index (χ4v) is 3.87. The summed E-state index contributed by atoms with van der Waals surface area (Å²) in [5.41, 5.74) is 7.31. The molecular formula is C19H25BrN4O3. The lowest BCUT2D eigenvalue weighted by Crippen LogP contribution is -2.35. The number of halogens is 1. The van der Waals surface area contributed by atoms with Crippen LogP contribution in [-0.4, -0.2) is 50.7 Å². The number of rotatable bonds is 7. The maximum atomic E-state index is 10.8. The molecule has 0 spiro atoms. The molecule has 0 saturated carbocycles. The molecule has 1 atom stereocenters. The van der Waals surface area contributed by atoms with Gasteiger partial charge in [-0.1, -0.05) is 15.9 Å². The van der Waals surface area contributed by atoms with Crippen LogP contribution in [0.1, 0.15) is 32.1 Å². The summed E-state index contributed by atoms with van der Waals surface area (Å²) in [7, 11) is 1.64. The Hall–Kier alpha value is -1.74. The molecule has 2 heterocycles. The maximum Gasteiger partial charge on any atom is 0.152 e. The van der Waals surface area contributed by atoms with Crippen LogP contribution in [-0.2, 0) is 11.2 Å². The smallest absolute Gasteiger partial charge is 0.152 e. The van der Waals surface area contributed by atoms with Crippen molar-refractivity contribution in [1.29, 1.82) is 0 Å². The molecule has 0 aliphatic carbocycles. The van der Waals surface area contributed by atoms with Crippen LogP contribution in [0.15, 0.2) is 22.7 Å². The van der Waals surface area contributed by atoms with Crippen LogP contribution in [0.3, 0.4) is 0 Å². The van der Waals surface area contributed by atoms with Gasteiger partial charge in [-0.15, -0.1) is 0 Å². The van der Waals surface area contributed by atoms with Gasteiger partial charge >= 0.3 is 0 Å². The number of aromatic nitrogens is 3. The Kier molecular flexibility index (Phi) is 5.71. The van der Waals surface area contributed by atoms with Gasteiger partial charge in [-0.05, 0) is 38.5 Å². The van der Waals surface area contributed by atoms with E-state index in [1.165, 1.54) is 0 Å². The van der Waals surface area contributed by atoms with E-state index in [2.05, 4.69) is 20.9 Å². The highest BCUT2D eigenvalue weighted by atomic mass is 79.9. The number of aliphatic hydroxyl groups is 2. The summed E-state index contributed by atoms with van der Waals surface area (Å²) in [5, 5.41) is 21.4. The number of methoxy groups -OCH3 is 1. The van der Waals surface area contributed by atoms with Gasteiger partial charge in [-0.3, -0.25) is 0 Å². The summed E-state index contributed by atoms with van der Waals surface area (Å²) >= 11 is 3.47. The summed E-state index contributed by atoms with van der Waals surface area (Å²) in [5.74, 6) is 1.09.